The van der Waals surface area contributed by atoms with E-state index in [0.717, 1.165) is 34.8 Å². The van der Waals surface area contributed by atoms with Gasteiger partial charge in [0.2, 0.25) is 0 Å². The van der Waals surface area contributed by atoms with Crippen molar-refractivity contribution in [3.05, 3.63) is 29.3 Å². The number of rotatable bonds is 1. The molecule has 0 amide bonds. The third-order valence-electron chi connectivity index (χ3n) is 3.04. The molecule has 0 saturated carbocycles. The first-order valence-electron chi connectivity index (χ1n) is 5.96. The van der Waals surface area contributed by atoms with Gasteiger partial charge in [0.05, 0.1) is 0 Å². The second-order valence-electron chi connectivity index (χ2n) is 4.63. The maximum absolute atomic E-state index is 5.84. The Kier molecular flexibility index (Phi) is 4.24. The summed E-state index contributed by atoms with van der Waals surface area (Å²) in [5.41, 5.74) is 0.998. The highest BCUT2D eigenvalue weighted by Crippen LogP contribution is 2.18. The van der Waals surface area contributed by atoms with E-state index < -0.39 is 0 Å². The van der Waals surface area contributed by atoms with Crippen LogP contribution in [-0.4, -0.2) is 23.1 Å². The SMILES string of the molecule is C[C@H]1CCCN(C(=S)Nc2ccc(Cl)cc2)C1. The summed E-state index contributed by atoms with van der Waals surface area (Å²) in [6, 6.07) is 7.63. The van der Waals surface area contributed by atoms with E-state index in [1.165, 1.54) is 12.8 Å². The van der Waals surface area contributed by atoms with Crippen LogP contribution in [0.1, 0.15) is 19.8 Å². The zero-order valence-corrected chi connectivity index (χ0v) is 11.5. The van der Waals surface area contributed by atoms with E-state index in [4.69, 9.17) is 23.8 Å². The Morgan fingerprint density at radius 3 is 2.76 bits per heavy atom. The summed E-state index contributed by atoms with van der Waals surface area (Å²) in [4.78, 5) is 2.25. The van der Waals surface area contributed by atoms with Crippen LogP contribution < -0.4 is 5.32 Å². The summed E-state index contributed by atoms with van der Waals surface area (Å²) in [7, 11) is 0. The molecule has 2 rings (SSSR count). The van der Waals surface area contributed by atoms with Crippen molar-refractivity contribution < 1.29 is 0 Å². The Morgan fingerprint density at radius 2 is 2.12 bits per heavy atom. The standard InChI is InChI=1S/C13H17ClN2S/c1-10-3-2-8-16(9-10)13(17)15-12-6-4-11(14)5-7-12/h4-7,10H,2-3,8-9H2,1H3,(H,15,17)/t10-/m0/s1. The molecule has 0 spiro atoms. The fourth-order valence-electron chi connectivity index (χ4n) is 2.11. The molecule has 1 fully saturated rings. The second-order valence-corrected chi connectivity index (χ2v) is 5.45. The normalized spacial score (nSPS) is 20.1. The molecular formula is C13H17ClN2S. The summed E-state index contributed by atoms with van der Waals surface area (Å²) >= 11 is 11.3. The molecule has 4 heteroatoms. The molecule has 0 aliphatic carbocycles. The Bertz CT molecular complexity index is 391. The van der Waals surface area contributed by atoms with Gasteiger partial charge in [-0.25, -0.2) is 0 Å². The second kappa shape index (κ2) is 5.69. The highest BCUT2D eigenvalue weighted by Gasteiger charge is 2.18. The van der Waals surface area contributed by atoms with Gasteiger partial charge in [-0.3, -0.25) is 0 Å². The molecule has 1 aromatic carbocycles. The van der Waals surface area contributed by atoms with Crippen LogP contribution in [0.2, 0.25) is 5.02 Å². The van der Waals surface area contributed by atoms with E-state index in [0.29, 0.717) is 0 Å². The van der Waals surface area contributed by atoms with Gasteiger partial charge in [-0.15, -0.1) is 0 Å². The Hall–Kier alpha value is -0.800. The lowest BCUT2D eigenvalue weighted by atomic mass is 10.0. The average Bonchev–Trinajstić information content (AvgIpc) is 2.32. The molecule has 1 aliphatic rings. The van der Waals surface area contributed by atoms with Crippen molar-refractivity contribution >= 4 is 34.6 Å². The lowest BCUT2D eigenvalue weighted by Gasteiger charge is -2.33. The van der Waals surface area contributed by atoms with Gasteiger partial charge in [0.25, 0.3) is 0 Å². The van der Waals surface area contributed by atoms with Crippen LogP contribution in [0.4, 0.5) is 5.69 Å². The van der Waals surface area contributed by atoms with Crippen LogP contribution in [-0.2, 0) is 0 Å². The first-order chi connectivity index (χ1) is 8.15. The first kappa shape index (κ1) is 12.7. The zero-order chi connectivity index (χ0) is 12.3. The predicted octanol–water partition coefficient (Wildman–Crippen LogP) is 3.77. The van der Waals surface area contributed by atoms with Gasteiger partial charge in [0, 0.05) is 23.8 Å². The number of thiocarbonyl (C=S) groups is 1. The van der Waals surface area contributed by atoms with Crippen LogP contribution in [0.25, 0.3) is 0 Å². The van der Waals surface area contributed by atoms with E-state index >= 15 is 0 Å². The molecule has 92 valence electrons. The smallest absolute Gasteiger partial charge is 0.173 e. The van der Waals surface area contributed by atoms with Gasteiger partial charge in [-0.1, -0.05) is 18.5 Å². The monoisotopic (exact) mass is 268 g/mol. The molecule has 1 N–H and O–H groups in total. The van der Waals surface area contributed by atoms with Gasteiger partial charge in [-0.05, 0) is 55.2 Å². The molecule has 2 nitrogen and oxygen atoms in total. The summed E-state index contributed by atoms with van der Waals surface area (Å²) < 4.78 is 0. The minimum Gasteiger partial charge on any atom is -0.349 e. The van der Waals surface area contributed by atoms with Gasteiger partial charge >= 0.3 is 0 Å². The molecule has 0 aromatic heterocycles. The van der Waals surface area contributed by atoms with Crippen LogP contribution in [0, 0.1) is 5.92 Å². The summed E-state index contributed by atoms with van der Waals surface area (Å²) in [5, 5.41) is 4.82. The van der Waals surface area contributed by atoms with Crippen molar-refractivity contribution in [3.63, 3.8) is 0 Å². The molecular weight excluding hydrogens is 252 g/mol. The topological polar surface area (TPSA) is 15.3 Å². The fourth-order valence-corrected chi connectivity index (χ4v) is 2.52. The molecule has 1 aliphatic heterocycles. The molecule has 0 bridgehead atoms. The number of piperidine rings is 1. The van der Waals surface area contributed by atoms with Crippen molar-refractivity contribution in [2.24, 2.45) is 5.92 Å². The Labute approximate surface area is 113 Å². The Morgan fingerprint density at radius 1 is 1.41 bits per heavy atom. The quantitative estimate of drug-likeness (QED) is 0.781. The van der Waals surface area contributed by atoms with Gasteiger partial charge in [0.15, 0.2) is 5.11 Å². The van der Waals surface area contributed by atoms with Crippen molar-refractivity contribution in [1.29, 1.82) is 0 Å². The number of nitrogens with zero attached hydrogens (tertiary/aromatic N) is 1. The van der Waals surface area contributed by atoms with E-state index in [1.54, 1.807) is 0 Å². The predicted molar refractivity (Wildman–Crippen MR) is 77.6 cm³/mol. The number of hydrogen-bond donors (Lipinski definition) is 1. The van der Waals surface area contributed by atoms with Crippen molar-refractivity contribution in [3.8, 4) is 0 Å². The zero-order valence-electron chi connectivity index (χ0n) is 9.95. The van der Waals surface area contributed by atoms with E-state index in [2.05, 4.69) is 17.1 Å². The van der Waals surface area contributed by atoms with Crippen LogP contribution in [0.5, 0.6) is 0 Å². The van der Waals surface area contributed by atoms with Crippen molar-refractivity contribution in [1.82, 2.24) is 4.90 Å². The van der Waals surface area contributed by atoms with E-state index in [-0.39, 0.29) is 0 Å². The summed E-state index contributed by atoms with van der Waals surface area (Å²) in [5.74, 6) is 0.730. The molecule has 1 aromatic rings. The van der Waals surface area contributed by atoms with Crippen LogP contribution >= 0.6 is 23.8 Å². The lowest BCUT2D eigenvalue weighted by Crippen LogP contribution is -2.41. The molecule has 17 heavy (non-hydrogen) atoms. The first-order valence-corrected chi connectivity index (χ1v) is 6.75. The number of halogens is 1. The van der Waals surface area contributed by atoms with Gasteiger partial charge in [-0.2, -0.15) is 0 Å². The third kappa shape index (κ3) is 3.58. The Balaban J connectivity index is 1.94. The fraction of sp³-hybridized carbons (Fsp3) is 0.462. The molecule has 0 radical (unpaired) electrons. The minimum absolute atomic E-state index is 0.730. The summed E-state index contributed by atoms with van der Waals surface area (Å²) in [6.45, 7) is 4.39. The van der Waals surface area contributed by atoms with E-state index in [1.807, 2.05) is 24.3 Å². The van der Waals surface area contributed by atoms with Crippen LogP contribution in [0.15, 0.2) is 24.3 Å². The number of anilines is 1. The van der Waals surface area contributed by atoms with Crippen molar-refractivity contribution in [2.45, 2.75) is 19.8 Å². The summed E-state index contributed by atoms with van der Waals surface area (Å²) in [6.07, 6.45) is 2.53. The maximum Gasteiger partial charge on any atom is 0.173 e. The third-order valence-corrected chi connectivity index (χ3v) is 3.65. The van der Waals surface area contributed by atoms with E-state index in [9.17, 15) is 0 Å². The van der Waals surface area contributed by atoms with Gasteiger partial charge < -0.3 is 10.2 Å². The number of likely N-dealkylation sites (tertiary alicyclic amines) is 1. The van der Waals surface area contributed by atoms with Crippen molar-refractivity contribution in [2.75, 3.05) is 18.4 Å². The highest BCUT2D eigenvalue weighted by molar-refractivity contribution is 7.80. The molecule has 0 unspecified atom stereocenters. The largest absolute Gasteiger partial charge is 0.349 e. The number of benzene rings is 1. The number of nitrogens with one attached hydrogen (secondary N) is 1. The van der Waals surface area contributed by atoms with Gasteiger partial charge in [0.1, 0.15) is 0 Å². The lowest BCUT2D eigenvalue weighted by molar-refractivity contribution is 0.276. The highest BCUT2D eigenvalue weighted by atomic mass is 35.5. The molecule has 1 heterocycles. The average molecular weight is 269 g/mol. The minimum atomic E-state index is 0.730. The number of hydrogen-bond acceptors (Lipinski definition) is 1. The molecule has 1 saturated heterocycles. The van der Waals surface area contributed by atoms with Crippen LogP contribution in [0.3, 0.4) is 0 Å². The molecule has 1 atom stereocenters. The maximum atomic E-state index is 5.84.